The van der Waals surface area contributed by atoms with Crippen LogP contribution in [0.2, 0.25) is 0 Å². The molecule has 1 rings (SSSR count). The Hall–Kier alpha value is -1.06. The zero-order chi connectivity index (χ0) is 10.6. The average molecular weight is 198 g/mol. The normalized spacial score (nSPS) is 19.3. The Morgan fingerprint density at radius 3 is 2.93 bits per heavy atom. The highest BCUT2D eigenvalue weighted by Gasteiger charge is 2.26. The number of esters is 1. The monoisotopic (exact) mass is 198 g/mol. The molecule has 1 unspecified atom stereocenters. The van der Waals surface area contributed by atoms with Crippen LogP contribution in [0.25, 0.3) is 0 Å². The lowest BCUT2D eigenvalue weighted by atomic mass is 10.1. The maximum absolute atomic E-state index is 11.4. The predicted molar refractivity (Wildman–Crippen MR) is 54.4 cm³/mol. The number of hydrogen-bond acceptors (Lipinski definition) is 3. The van der Waals surface area contributed by atoms with Crippen molar-refractivity contribution in [3.8, 4) is 0 Å². The van der Waals surface area contributed by atoms with Crippen LogP contribution in [0.4, 0.5) is 0 Å². The van der Waals surface area contributed by atoms with Gasteiger partial charge in [0.15, 0.2) is 0 Å². The van der Waals surface area contributed by atoms with Crippen LogP contribution in [0, 0.1) is 5.41 Å². The van der Waals surface area contributed by atoms with E-state index in [1.54, 1.807) is 13.8 Å². The number of likely N-dealkylation sites (tertiary alicyclic amines) is 1. The molecule has 1 aliphatic rings. The molecule has 0 bridgehead atoms. The van der Waals surface area contributed by atoms with E-state index in [2.05, 4.69) is 0 Å². The van der Waals surface area contributed by atoms with E-state index >= 15 is 0 Å². The van der Waals surface area contributed by atoms with Crippen molar-refractivity contribution < 1.29 is 9.53 Å². The van der Waals surface area contributed by atoms with Gasteiger partial charge in [-0.3, -0.25) is 5.41 Å². The summed E-state index contributed by atoms with van der Waals surface area (Å²) in [5.74, 6) is 0.343. The summed E-state index contributed by atoms with van der Waals surface area (Å²) in [6.45, 7) is 4.81. The van der Waals surface area contributed by atoms with Gasteiger partial charge in [-0.05, 0) is 26.7 Å². The first-order valence-electron chi connectivity index (χ1n) is 5.17. The second-order valence-corrected chi connectivity index (χ2v) is 3.53. The Kier molecular flexibility index (Phi) is 3.92. The molecule has 0 saturated carbocycles. The summed E-state index contributed by atoms with van der Waals surface area (Å²) in [7, 11) is 0. The zero-order valence-electron chi connectivity index (χ0n) is 8.88. The van der Waals surface area contributed by atoms with Crippen LogP contribution in [-0.2, 0) is 9.53 Å². The van der Waals surface area contributed by atoms with Crippen molar-refractivity contribution >= 4 is 11.8 Å². The fourth-order valence-corrected chi connectivity index (χ4v) is 1.67. The van der Waals surface area contributed by atoms with Crippen molar-refractivity contribution in [1.29, 1.82) is 5.41 Å². The summed E-state index contributed by atoms with van der Waals surface area (Å²) < 4.78 is 4.93. The van der Waals surface area contributed by atoms with E-state index in [9.17, 15) is 4.79 Å². The summed E-state index contributed by atoms with van der Waals surface area (Å²) >= 11 is 0. The highest BCUT2D eigenvalue weighted by Crippen LogP contribution is 2.14. The topological polar surface area (TPSA) is 53.4 Å². The van der Waals surface area contributed by atoms with E-state index in [1.807, 2.05) is 4.90 Å². The molecule has 0 amide bonds. The van der Waals surface area contributed by atoms with Gasteiger partial charge in [0.1, 0.15) is 6.04 Å². The van der Waals surface area contributed by atoms with Gasteiger partial charge in [-0.2, -0.15) is 0 Å². The second-order valence-electron chi connectivity index (χ2n) is 3.53. The van der Waals surface area contributed by atoms with E-state index < -0.39 is 0 Å². The SMILES string of the molecule is CCOC(=O)C(C)N1CCCCC1=N. The molecule has 1 aliphatic heterocycles. The maximum Gasteiger partial charge on any atom is 0.328 e. The number of ether oxygens (including phenoxy) is 1. The Morgan fingerprint density at radius 1 is 1.64 bits per heavy atom. The molecule has 4 nitrogen and oxygen atoms in total. The van der Waals surface area contributed by atoms with Crippen LogP contribution in [0.3, 0.4) is 0 Å². The smallest absolute Gasteiger partial charge is 0.328 e. The van der Waals surface area contributed by atoms with Crippen LogP contribution in [0.1, 0.15) is 33.1 Å². The highest BCUT2D eigenvalue weighted by molar-refractivity contribution is 5.86. The third-order valence-corrected chi connectivity index (χ3v) is 2.50. The first-order chi connectivity index (χ1) is 6.66. The van der Waals surface area contributed by atoms with Crippen LogP contribution < -0.4 is 0 Å². The van der Waals surface area contributed by atoms with E-state index in [4.69, 9.17) is 10.1 Å². The number of nitrogens with one attached hydrogen (secondary N) is 1. The lowest BCUT2D eigenvalue weighted by molar-refractivity contribution is -0.147. The summed E-state index contributed by atoms with van der Waals surface area (Å²) in [5, 5.41) is 7.72. The van der Waals surface area contributed by atoms with Gasteiger partial charge in [0, 0.05) is 13.0 Å². The molecule has 1 saturated heterocycles. The summed E-state index contributed by atoms with van der Waals surface area (Å²) in [6, 6.07) is -0.303. The molecular formula is C10H18N2O2. The quantitative estimate of drug-likeness (QED) is 0.697. The number of nitrogens with zero attached hydrogens (tertiary/aromatic N) is 1. The largest absolute Gasteiger partial charge is 0.464 e. The fourth-order valence-electron chi connectivity index (χ4n) is 1.67. The number of carbonyl (C=O) groups excluding carboxylic acids is 1. The third kappa shape index (κ3) is 2.47. The standard InChI is InChI=1S/C10H18N2O2/c1-3-14-10(13)8(2)12-7-5-4-6-9(12)11/h8,11H,3-7H2,1-2H3. The fraction of sp³-hybridized carbons (Fsp3) is 0.800. The number of rotatable bonds is 3. The Bertz CT molecular complexity index is 228. The van der Waals surface area contributed by atoms with Crippen molar-refractivity contribution in [3.05, 3.63) is 0 Å². The zero-order valence-corrected chi connectivity index (χ0v) is 8.88. The minimum absolute atomic E-state index is 0.223. The van der Waals surface area contributed by atoms with E-state index in [-0.39, 0.29) is 12.0 Å². The van der Waals surface area contributed by atoms with Gasteiger partial charge in [-0.25, -0.2) is 4.79 Å². The van der Waals surface area contributed by atoms with E-state index in [0.29, 0.717) is 12.4 Å². The molecule has 0 radical (unpaired) electrons. The molecule has 1 atom stereocenters. The highest BCUT2D eigenvalue weighted by atomic mass is 16.5. The van der Waals surface area contributed by atoms with Crippen molar-refractivity contribution in [3.63, 3.8) is 0 Å². The minimum Gasteiger partial charge on any atom is -0.464 e. The van der Waals surface area contributed by atoms with Crippen molar-refractivity contribution in [2.45, 2.75) is 39.2 Å². The van der Waals surface area contributed by atoms with Gasteiger partial charge in [0.2, 0.25) is 0 Å². The Labute approximate surface area is 84.7 Å². The minimum atomic E-state index is -0.303. The average Bonchev–Trinajstić information content (AvgIpc) is 2.18. The molecule has 0 aromatic carbocycles. The van der Waals surface area contributed by atoms with Crippen molar-refractivity contribution in [1.82, 2.24) is 4.90 Å². The molecule has 1 fully saturated rings. The molecule has 1 N–H and O–H groups in total. The van der Waals surface area contributed by atoms with Gasteiger partial charge in [0.05, 0.1) is 12.4 Å². The second kappa shape index (κ2) is 4.98. The first kappa shape index (κ1) is 11.0. The molecule has 4 heteroatoms. The number of hydrogen-bond donors (Lipinski definition) is 1. The molecule has 80 valence electrons. The van der Waals surface area contributed by atoms with Gasteiger partial charge in [-0.1, -0.05) is 0 Å². The van der Waals surface area contributed by atoms with E-state index in [1.165, 1.54) is 0 Å². The lowest BCUT2D eigenvalue weighted by Crippen LogP contribution is -2.46. The maximum atomic E-state index is 11.4. The van der Waals surface area contributed by atoms with Gasteiger partial charge in [0.25, 0.3) is 0 Å². The molecule has 14 heavy (non-hydrogen) atoms. The molecule has 0 spiro atoms. The molecular weight excluding hydrogens is 180 g/mol. The molecule has 1 heterocycles. The van der Waals surface area contributed by atoms with Crippen LogP contribution in [0.15, 0.2) is 0 Å². The van der Waals surface area contributed by atoms with Gasteiger partial charge in [-0.15, -0.1) is 0 Å². The van der Waals surface area contributed by atoms with E-state index in [0.717, 1.165) is 25.8 Å². The number of amidine groups is 1. The summed E-state index contributed by atoms with van der Waals surface area (Å²) in [6.07, 6.45) is 2.90. The van der Waals surface area contributed by atoms with Crippen molar-refractivity contribution in [2.24, 2.45) is 0 Å². The molecule has 0 aliphatic carbocycles. The summed E-state index contributed by atoms with van der Waals surface area (Å²) in [4.78, 5) is 13.3. The van der Waals surface area contributed by atoms with Crippen LogP contribution >= 0.6 is 0 Å². The third-order valence-electron chi connectivity index (χ3n) is 2.50. The van der Waals surface area contributed by atoms with Gasteiger partial charge < -0.3 is 9.64 Å². The Balaban J connectivity index is 2.53. The first-order valence-corrected chi connectivity index (χ1v) is 5.17. The van der Waals surface area contributed by atoms with Gasteiger partial charge >= 0.3 is 5.97 Å². The number of piperidine rings is 1. The number of carbonyl (C=O) groups is 1. The van der Waals surface area contributed by atoms with Crippen LogP contribution in [0.5, 0.6) is 0 Å². The molecule has 0 aromatic rings. The predicted octanol–water partition coefficient (Wildman–Crippen LogP) is 1.40. The molecule has 0 aromatic heterocycles. The van der Waals surface area contributed by atoms with Crippen LogP contribution in [-0.4, -0.2) is 35.9 Å². The lowest BCUT2D eigenvalue weighted by Gasteiger charge is -2.33. The summed E-state index contributed by atoms with van der Waals surface area (Å²) in [5.41, 5.74) is 0. The Morgan fingerprint density at radius 2 is 2.36 bits per heavy atom. The van der Waals surface area contributed by atoms with Crippen molar-refractivity contribution in [2.75, 3.05) is 13.2 Å².